The van der Waals surface area contributed by atoms with Crippen LogP contribution in [0.5, 0.6) is 5.75 Å². The zero-order valence-electron chi connectivity index (χ0n) is 7.78. The molecule has 0 aliphatic rings. The van der Waals surface area contributed by atoms with Crippen molar-refractivity contribution in [2.45, 2.75) is 6.42 Å². The van der Waals surface area contributed by atoms with Crippen LogP contribution in [-0.2, 0) is 0 Å². The first-order chi connectivity index (χ1) is 7.15. The molecule has 0 fully saturated rings. The third kappa shape index (κ3) is 3.68. The second-order valence-corrected chi connectivity index (χ2v) is 4.05. The molecule has 0 bridgehead atoms. The van der Waals surface area contributed by atoms with Crippen molar-refractivity contribution in [1.29, 1.82) is 0 Å². The van der Waals surface area contributed by atoms with Crippen LogP contribution >= 0.6 is 27.5 Å². The van der Waals surface area contributed by atoms with Crippen molar-refractivity contribution in [3.8, 4) is 5.75 Å². The maximum Gasteiger partial charge on any atom is 0.312 e. The number of alkyl halides is 1. The molecule has 0 radical (unpaired) electrons. The molecule has 0 aliphatic carbocycles. The third-order valence-electron chi connectivity index (χ3n) is 1.65. The van der Waals surface area contributed by atoms with Crippen LogP contribution in [0, 0.1) is 10.1 Å². The van der Waals surface area contributed by atoms with Gasteiger partial charge in [-0.2, -0.15) is 0 Å². The van der Waals surface area contributed by atoms with Crippen molar-refractivity contribution in [2.75, 3.05) is 12.5 Å². The summed E-state index contributed by atoms with van der Waals surface area (Å²) in [7, 11) is 0. The van der Waals surface area contributed by atoms with Gasteiger partial charge in [0.2, 0.25) is 0 Å². The van der Waals surface area contributed by atoms with Gasteiger partial charge in [-0.15, -0.1) is 11.6 Å². The van der Waals surface area contributed by atoms with E-state index in [-0.39, 0.29) is 11.4 Å². The minimum atomic E-state index is -0.471. The molecular formula is C9H9BrClNO3. The largest absolute Gasteiger partial charge is 0.487 e. The van der Waals surface area contributed by atoms with E-state index in [4.69, 9.17) is 16.3 Å². The molecule has 82 valence electrons. The van der Waals surface area contributed by atoms with Crippen LogP contribution in [-0.4, -0.2) is 17.4 Å². The van der Waals surface area contributed by atoms with Gasteiger partial charge in [-0.1, -0.05) is 15.9 Å². The number of halogens is 2. The summed E-state index contributed by atoms with van der Waals surface area (Å²) in [6.07, 6.45) is 0.661. The highest BCUT2D eigenvalue weighted by atomic mass is 79.9. The highest BCUT2D eigenvalue weighted by molar-refractivity contribution is 9.10. The molecule has 1 aromatic rings. The van der Waals surface area contributed by atoms with Crippen LogP contribution < -0.4 is 4.74 Å². The van der Waals surface area contributed by atoms with Crippen LogP contribution in [0.15, 0.2) is 22.7 Å². The molecule has 0 aliphatic heterocycles. The molecule has 1 rings (SSSR count). The SMILES string of the molecule is O=[N+]([O-])c1cc(Br)ccc1OCCCCl. The van der Waals surface area contributed by atoms with E-state index < -0.39 is 4.92 Å². The number of hydrogen-bond acceptors (Lipinski definition) is 3. The van der Waals surface area contributed by atoms with Crippen molar-refractivity contribution >= 4 is 33.2 Å². The molecule has 1 aromatic carbocycles. The Bertz CT molecular complexity index is 359. The van der Waals surface area contributed by atoms with E-state index in [9.17, 15) is 10.1 Å². The summed E-state index contributed by atoms with van der Waals surface area (Å²) in [5.41, 5.74) is -0.0426. The Morgan fingerprint density at radius 2 is 2.27 bits per heavy atom. The molecule has 0 unspecified atom stereocenters. The van der Waals surface area contributed by atoms with E-state index >= 15 is 0 Å². The van der Waals surface area contributed by atoms with Gasteiger partial charge in [0.25, 0.3) is 0 Å². The fourth-order valence-corrected chi connectivity index (χ4v) is 1.45. The van der Waals surface area contributed by atoms with Crippen molar-refractivity contribution in [3.63, 3.8) is 0 Å². The highest BCUT2D eigenvalue weighted by Gasteiger charge is 2.14. The fourth-order valence-electron chi connectivity index (χ4n) is 0.992. The Kier molecular flexibility index (Phi) is 4.84. The quantitative estimate of drug-likeness (QED) is 0.362. The van der Waals surface area contributed by atoms with Gasteiger partial charge in [-0.3, -0.25) is 10.1 Å². The average Bonchev–Trinajstić information content (AvgIpc) is 2.20. The first-order valence-corrected chi connectivity index (χ1v) is 5.60. The summed E-state index contributed by atoms with van der Waals surface area (Å²) in [6.45, 7) is 0.381. The number of nitro benzene ring substituents is 1. The van der Waals surface area contributed by atoms with Gasteiger partial charge in [-0.25, -0.2) is 0 Å². The summed E-state index contributed by atoms with van der Waals surface area (Å²) < 4.78 is 5.90. The maximum atomic E-state index is 10.7. The van der Waals surface area contributed by atoms with E-state index in [1.807, 2.05) is 0 Å². The standard InChI is InChI=1S/C9H9BrClNO3/c10-7-2-3-9(15-5-1-4-11)8(6-7)12(13)14/h2-3,6H,1,4-5H2. The molecule has 0 aromatic heterocycles. The zero-order valence-corrected chi connectivity index (χ0v) is 10.1. The Labute approximate surface area is 100 Å². The summed E-state index contributed by atoms with van der Waals surface area (Å²) in [6, 6.07) is 4.68. The van der Waals surface area contributed by atoms with Crippen molar-refractivity contribution in [2.24, 2.45) is 0 Å². The second-order valence-electron chi connectivity index (χ2n) is 2.76. The number of nitrogens with zero attached hydrogens (tertiary/aromatic N) is 1. The lowest BCUT2D eigenvalue weighted by atomic mass is 10.3. The molecule has 15 heavy (non-hydrogen) atoms. The van der Waals surface area contributed by atoms with Gasteiger partial charge in [0.05, 0.1) is 11.5 Å². The summed E-state index contributed by atoms with van der Waals surface area (Å²) >= 11 is 8.64. The monoisotopic (exact) mass is 293 g/mol. The summed E-state index contributed by atoms with van der Waals surface area (Å²) in [5.74, 6) is 0.748. The normalized spacial score (nSPS) is 10.0. The van der Waals surface area contributed by atoms with Crippen molar-refractivity contribution in [3.05, 3.63) is 32.8 Å². The molecule has 0 N–H and O–H groups in total. The Morgan fingerprint density at radius 3 is 2.87 bits per heavy atom. The molecule has 0 saturated carbocycles. The molecule has 0 spiro atoms. The Balaban J connectivity index is 2.81. The van der Waals surface area contributed by atoms with Gasteiger partial charge in [0.15, 0.2) is 5.75 Å². The van der Waals surface area contributed by atoms with Gasteiger partial charge < -0.3 is 4.74 Å². The molecule has 0 amide bonds. The molecule has 0 heterocycles. The van der Waals surface area contributed by atoms with E-state index in [0.29, 0.717) is 23.4 Å². The molecule has 0 saturated heterocycles. The first-order valence-electron chi connectivity index (χ1n) is 4.28. The molecule has 4 nitrogen and oxygen atoms in total. The van der Waals surface area contributed by atoms with Crippen molar-refractivity contribution < 1.29 is 9.66 Å². The predicted octanol–water partition coefficient (Wildman–Crippen LogP) is 3.37. The fraction of sp³-hybridized carbons (Fsp3) is 0.333. The number of ether oxygens (including phenoxy) is 1. The maximum absolute atomic E-state index is 10.7. The van der Waals surface area contributed by atoms with Gasteiger partial charge in [0.1, 0.15) is 0 Å². The number of hydrogen-bond donors (Lipinski definition) is 0. The molecule has 6 heteroatoms. The lowest BCUT2D eigenvalue weighted by molar-refractivity contribution is -0.385. The van der Waals surface area contributed by atoms with Crippen LogP contribution in [0.3, 0.4) is 0 Å². The van der Waals surface area contributed by atoms with E-state index in [1.54, 1.807) is 12.1 Å². The average molecular weight is 295 g/mol. The number of nitro groups is 1. The third-order valence-corrected chi connectivity index (χ3v) is 2.41. The van der Waals surface area contributed by atoms with E-state index in [1.165, 1.54) is 6.07 Å². The Morgan fingerprint density at radius 1 is 1.53 bits per heavy atom. The smallest absolute Gasteiger partial charge is 0.312 e. The highest BCUT2D eigenvalue weighted by Crippen LogP contribution is 2.30. The van der Waals surface area contributed by atoms with Crippen LogP contribution in [0.25, 0.3) is 0 Å². The van der Waals surface area contributed by atoms with Crippen LogP contribution in [0.2, 0.25) is 0 Å². The molecular weight excluding hydrogens is 285 g/mol. The van der Waals surface area contributed by atoms with E-state index in [2.05, 4.69) is 15.9 Å². The van der Waals surface area contributed by atoms with Gasteiger partial charge in [0, 0.05) is 16.4 Å². The topological polar surface area (TPSA) is 52.4 Å². The van der Waals surface area contributed by atoms with Gasteiger partial charge in [-0.05, 0) is 18.6 Å². The summed E-state index contributed by atoms with van der Waals surface area (Å²) in [5, 5.41) is 10.7. The first kappa shape index (κ1) is 12.3. The number of benzene rings is 1. The number of rotatable bonds is 5. The summed E-state index contributed by atoms with van der Waals surface area (Å²) in [4.78, 5) is 10.2. The van der Waals surface area contributed by atoms with Gasteiger partial charge >= 0.3 is 5.69 Å². The van der Waals surface area contributed by atoms with Crippen LogP contribution in [0.1, 0.15) is 6.42 Å². The lowest BCUT2D eigenvalue weighted by Crippen LogP contribution is -2.00. The molecule has 0 atom stereocenters. The minimum Gasteiger partial charge on any atom is -0.487 e. The van der Waals surface area contributed by atoms with Crippen molar-refractivity contribution in [1.82, 2.24) is 0 Å². The lowest BCUT2D eigenvalue weighted by Gasteiger charge is -2.05. The second kappa shape index (κ2) is 5.92. The zero-order chi connectivity index (χ0) is 11.3. The minimum absolute atomic E-state index is 0.0426. The Hall–Kier alpha value is -0.810. The van der Waals surface area contributed by atoms with E-state index in [0.717, 1.165) is 0 Å². The predicted molar refractivity (Wildman–Crippen MR) is 61.6 cm³/mol. The van der Waals surface area contributed by atoms with Crippen LogP contribution in [0.4, 0.5) is 5.69 Å².